The van der Waals surface area contributed by atoms with E-state index < -0.39 is 0 Å². The first-order valence-corrected chi connectivity index (χ1v) is 8.49. The molecule has 1 aromatic carbocycles. The first-order valence-electron chi connectivity index (χ1n) is 8.49. The summed E-state index contributed by atoms with van der Waals surface area (Å²) in [5, 5.41) is 4.04. The number of ether oxygens (including phenoxy) is 1. The number of methoxy groups -OCH3 is 1. The Balaban J connectivity index is 1.57. The van der Waals surface area contributed by atoms with Crippen LogP contribution in [-0.2, 0) is 16.1 Å². The van der Waals surface area contributed by atoms with Gasteiger partial charge in [-0.3, -0.25) is 14.5 Å². The topological polar surface area (TPSA) is 100 Å². The molecular formula is C18H24N4O3. The van der Waals surface area contributed by atoms with Gasteiger partial charge in [0.15, 0.2) is 0 Å². The lowest BCUT2D eigenvalue weighted by Gasteiger charge is -2.30. The van der Waals surface area contributed by atoms with Gasteiger partial charge >= 0.3 is 0 Å². The molecule has 7 heteroatoms. The molecule has 25 heavy (non-hydrogen) atoms. The minimum atomic E-state index is -0.352. The maximum atomic E-state index is 12.4. The van der Waals surface area contributed by atoms with Crippen LogP contribution in [0.1, 0.15) is 18.5 Å². The van der Waals surface area contributed by atoms with Gasteiger partial charge in [0.2, 0.25) is 11.8 Å². The Hall–Kier alpha value is -2.54. The van der Waals surface area contributed by atoms with Gasteiger partial charge in [-0.25, -0.2) is 0 Å². The molecule has 2 heterocycles. The number of likely N-dealkylation sites (tertiary alicyclic amines) is 1. The summed E-state index contributed by atoms with van der Waals surface area (Å²) in [7, 11) is 1.64. The summed E-state index contributed by atoms with van der Waals surface area (Å²) < 4.78 is 5.23. The van der Waals surface area contributed by atoms with Gasteiger partial charge in [-0.2, -0.15) is 0 Å². The lowest BCUT2D eigenvalue weighted by molar-refractivity contribution is -0.128. The van der Waals surface area contributed by atoms with Crippen LogP contribution in [0.5, 0.6) is 5.75 Å². The van der Waals surface area contributed by atoms with Crippen LogP contribution in [0.25, 0.3) is 10.9 Å². The predicted molar refractivity (Wildman–Crippen MR) is 95.1 cm³/mol. The molecular weight excluding hydrogens is 320 g/mol. The van der Waals surface area contributed by atoms with Crippen LogP contribution < -0.4 is 15.8 Å². The fraction of sp³-hybridized carbons (Fsp3) is 0.444. The maximum absolute atomic E-state index is 12.4. The molecule has 1 aromatic heterocycles. The quantitative estimate of drug-likeness (QED) is 0.727. The number of nitrogens with one attached hydrogen (secondary N) is 2. The van der Waals surface area contributed by atoms with E-state index in [1.54, 1.807) is 7.11 Å². The first-order chi connectivity index (χ1) is 12.0. The van der Waals surface area contributed by atoms with Gasteiger partial charge in [-0.15, -0.1) is 0 Å². The lowest BCUT2D eigenvalue weighted by Crippen LogP contribution is -2.45. The summed E-state index contributed by atoms with van der Waals surface area (Å²) >= 11 is 0. The van der Waals surface area contributed by atoms with E-state index in [9.17, 15) is 9.59 Å². The first kappa shape index (κ1) is 17.3. The summed E-state index contributed by atoms with van der Waals surface area (Å²) in [6, 6.07) is 7.83. The van der Waals surface area contributed by atoms with Gasteiger partial charge in [0.05, 0.1) is 26.1 Å². The predicted octanol–water partition coefficient (Wildman–Crippen LogP) is 0.990. The summed E-state index contributed by atoms with van der Waals surface area (Å²) in [5.41, 5.74) is 7.20. The van der Waals surface area contributed by atoms with Gasteiger partial charge in [0.25, 0.3) is 0 Å². The molecule has 0 saturated carbocycles. The van der Waals surface area contributed by atoms with E-state index in [4.69, 9.17) is 10.5 Å². The Morgan fingerprint density at radius 3 is 3.00 bits per heavy atom. The second-order valence-electron chi connectivity index (χ2n) is 6.51. The summed E-state index contributed by atoms with van der Waals surface area (Å²) in [5.74, 6) is 0.372. The number of rotatable bonds is 6. The third-order valence-electron chi connectivity index (χ3n) is 4.59. The number of aromatic nitrogens is 1. The molecule has 1 fully saturated rings. The molecule has 0 bridgehead atoms. The highest BCUT2D eigenvalue weighted by molar-refractivity contribution is 5.83. The summed E-state index contributed by atoms with van der Waals surface area (Å²) in [6.07, 6.45) is 1.74. The molecule has 2 aromatic rings. The van der Waals surface area contributed by atoms with Crippen molar-refractivity contribution in [3.8, 4) is 5.75 Å². The number of carbonyl (C=O) groups excluding carboxylic acids is 2. The van der Waals surface area contributed by atoms with Gasteiger partial charge in [-0.05, 0) is 43.7 Å². The normalized spacial score (nSPS) is 18.2. The number of fused-ring (bicyclic) bond motifs is 1. The molecule has 1 unspecified atom stereocenters. The summed E-state index contributed by atoms with van der Waals surface area (Å²) in [4.78, 5) is 28.7. The minimum Gasteiger partial charge on any atom is -0.497 e. The van der Waals surface area contributed by atoms with Crippen LogP contribution in [0.4, 0.5) is 0 Å². The average Bonchev–Trinajstić information content (AvgIpc) is 3.01. The van der Waals surface area contributed by atoms with Crippen LogP contribution in [-0.4, -0.2) is 48.4 Å². The van der Waals surface area contributed by atoms with E-state index in [0.717, 1.165) is 41.7 Å². The Morgan fingerprint density at radius 1 is 1.40 bits per heavy atom. The van der Waals surface area contributed by atoms with Gasteiger partial charge in [0, 0.05) is 23.1 Å². The summed E-state index contributed by atoms with van der Waals surface area (Å²) in [6.45, 7) is 2.06. The van der Waals surface area contributed by atoms with E-state index in [2.05, 4.69) is 10.3 Å². The lowest BCUT2D eigenvalue weighted by atomic mass is 9.97. The largest absolute Gasteiger partial charge is 0.497 e. The smallest absolute Gasteiger partial charge is 0.231 e. The van der Waals surface area contributed by atoms with Crippen LogP contribution >= 0.6 is 0 Å². The number of H-pyrrole nitrogens is 1. The number of carbonyl (C=O) groups is 2. The van der Waals surface area contributed by atoms with Crippen molar-refractivity contribution in [2.75, 3.05) is 26.7 Å². The molecule has 1 saturated heterocycles. The van der Waals surface area contributed by atoms with Crippen molar-refractivity contribution in [1.29, 1.82) is 0 Å². The van der Waals surface area contributed by atoms with Crippen molar-refractivity contribution in [3.05, 3.63) is 30.0 Å². The number of nitrogens with zero attached hydrogens (tertiary/aromatic N) is 1. The molecule has 3 rings (SSSR count). The van der Waals surface area contributed by atoms with E-state index in [-0.39, 0.29) is 24.3 Å². The standard InChI is InChI=1S/C18H24N4O3/c1-25-15-4-5-16-13(8-15)7-14(21-16)9-20-18(24)12-3-2-6-22(10-12)11-17(19)23/h4-5,7-8,12,21H,2-3,6,9-11H2,1H3,(H2,19,23)(H,20,24). The van der Waals surface area contributed by atoms with Crippen molar-refractivity contribution < 1.29 is 14.3 Å². The molecule has 2 amide bonds. The van der Waals surface area contributed by atoms with Gasteiger partial charge in [-0.1, -0.05) is 0 Å². The highest BCUT2D eigenvalue weighted by Crippen LogP contribution is 2.21. The number of nitrogens with two attached hydrogens (primary N) is 1. The molecule has 1 aliphatic heterocycles. The van der Waals surface area contributed by atoms with Crippen molar-refractivity contribution in [3.63, 3.8) is 0 Å². The van der Waals surface area contributed by atoms with Gasteiger partial charge < -0.3 is 20.8 Å². The van der Waals surface area contributed by atoms with Gasteiger partial charge in [0.1, 0.15) is 5.75 Å². The number of hydrogen-bond donors (Lipinski definition) is 3. The Bertz CT molecular complexity index is 771. The zero-order valence-electron chi connectivity index (χ0n) is 14.4. The average molecular weight is 344 g/mol. The monoisotopic (exact) mass is 344 g/mol. The number of piperidine rings is 1. The zero-order chi connectivity index (χ0) is 17.8. The van der Waals surface area contributed by atoms with E-state index in [1.807, 2.05) is 29.2 Å². The van der Waals surface area contributed by atoms with E-state index in [1.165, 1.54) is 0 Å². The Kier molecular flexibility index (Phi) is 5.23. The number of aromatic amines is 1. The highest BCUT2D eigenvalue weighted by Gasteiger charge is 2.26. The SMILES string of the molecule is COc1ccc2[nH]c(CNC(=O)C3CCCN(CC(N)=O)C3)cc2c1. The molecule has 0 aliphatic carbocycles. The Labute approximate surface area is 146 Å². The zero-order valence-corrected chi connectivity index (χ0v) is 14.4. The highest BCUT2D eigenvalue weighted by atomic mass is 16.5. The fourth-order valence-corrected chi connectivity index (χ4v) is 3.35. The second kappa shape index (κ2) is 7.57. The molecule has 0 spiro atoms. The van der Waals surface area contributed by atoms with E-state index in [0.29, 0.717) is 13.1 Å². The van der Waals surface area contributed by atoms with Crippen LogP contribution in [0, 0.1) is 5.92 Å². The number of amides is 2. The van der Waals surface area contributed by atoms with Crippen molar-refractivity contribution in [2.45, 2.75) is 19.4 Å². The van der Waals surface area contributed by atoms with Crippen molar-refractivity contribution in [1.82, 2.24) is 15.2 Å². The molecule has 0 radical (unpaired) electrons. The molecule has 4 N–H and O–H groups in total. The molecule has 134 valence electrons. The third-order valence-corrected chi connectivity index (χ3v) is 4.59. The minimum absolute atomic E-state index is 0.0189. The van der Waals surface area contributed by atoms with Crippen molar-refractivity contribution >= 4 is 22.7 Å². The van der Waals surface area contributed by atoms with Crippen LogP contribution in [0.15, 0.2) is 24.3 Å². The molecule has 1 aliphatic rings. The fourth-order valence-electron chi connectivity index (χ4n) is 3.35. The van der Waals surface area contributed by atoms with E-state index >= 15 is 0 Å². The Morgan fingerprint density at radius 2 is 2.24 bits per heavy atom. The van der Waals surface area contributed by atoms with Crippen LogP contribution in [0.2, 0.25) is 0 Å². The van der Waals surface area contributed by atoms with Crippen molar-refractivity contribution in [2.24, 2.45) is 11.7 Å². The van der Waals surface area contributed by atoms with Crippen LogP contribution in [0.3, 0.4) is 0 Å². The second-order valence-corrected chi connectivity index (χ2v) is 6.51. The maximum Gasteiger partial charge on any atom is 0.231 e. The number of benzene rings is 1. The number of primary amides is 1. The number of hydrogen-bond acceptors (Lipinski definition) is 4. The molecule has 7 nitrogen and oxygen atoms in total. The molecule has 1 atom stereocenters. The third kappa shape index (κ3) is 4.30.